The van der Waals surface area contributed by atoms with Gasteiger partial charge in [0.1, 0.15) is 0 Å². The van der Waals surface area contributed by atoms with E-state index in [0.29, 0.717) is 0 Å². The molecule has 1 unspecified atom stereocenters. The number of carboxylic acids is 2. The van der Waals surface area contributed by atoms with Crippen LogP contribution < -0.4 is 0 Å². The third kappa shape index (κ3) is 3.97. The van der Waals surface area contributed by atoms with Gasteiger partial charge in [-0.05, 0) is 0 Å². The Morgan fingerprint density at radius 2 is 1.71 bits per heavy atom. The van der Waals surface area contributed by atoms with E-state index in [1.165, 1.54) is 0 Å². The summed E-state index contributed by atoms with van der Waals surface area (Å²) in [6.07, 6.45) is -1.90. The van der Waals surface area contributed by atoms with Crippen LogP contribution in [0, 0.1) is 0 Å². The van der Waals surface area contributed by atoms with Crippen LogP contribution in [-0.2, 0) is 17.2 Å². The van der Waals surface area contributed by atoms with E-state index < -0.39 is 36.4 Å². The molecule has 7 nitrogen and oxygen atoms in total. The minimum atomic E-state index is -2.59. The molecule has 0 saturated carbocycles. The molecular formula is C6H9BiO7. The fraction of sp³-hybridized carbons (Fsp3) is 0.500. The topological polar surface area (TPSA) is 121 Å². The summed E-state index contributed by atoms with van der Waals surface area (Å²) in [7, 11) is 0. The van der Waals surface area contributed by atoms with Gasteiger partial charge in [-0.3, -0.25) is 0 Å². The zero-order chi connectivity index (χ0) is 11.4. The number of carbonyl (C=O) groups excluding carboxylic acids is 1. The van der Waals surface area contributed by atoms with Crippen LogP contribution in [0.15, 0.2) is 0 Å². The first-order valence-electron chi connectivity index (χ1n) is 3.39. The van der Waals surface area contributed by atoms with Crippen molar-refractivity contribution in [1.29, 1.82) is 0 Å². The molecule has 1 atom stereocenters. The number of hydrogen-bond donors (Lipinski definition) is 3. The summed E-state index contributed by atoms with van der Waals surface area (Å²) < 4.78 is 4.29. The van der Waals surface area contributed by atoms with E-state index in [2.05, 4.69) is 2.81 Å². The van der Waals surface area contributed by atoms with Crippen molar-refractivity contribution in [1.82, 2.24) is 0 Å². The number of carboxylic acid groups (broad SMARTS) is 2. The number of carbonyl (C=O) groups is 3. The van der Waals surface area contributed by atoms with Gasteiger partial charge in [0.05, 0.1) is 0 Å². The van der Waals surface area contributed by atoms with Crippen LogP contribution >= 0.6 is 0 Å². The average molecular weight is 402 g/mol. The van der Waals surface area contributed by atoms with Crippen LogP contribution in [0.4, 0.5) is 0 Å². The molecule has 0 aromatic rings. The molecule has 80 valence electrons. The Morgan fingerprint density at radius 1 is 1.21 bits per heavy atom. The predicted molar refractivity (Wildman–Crippen MR) is 44.1 cm³/mol. The number of aliphatic hydroxyl groups is 1. The van der Waals surface area contributed by atoms with Crippen molar-refractivity contribution in [3.63, 3.8) is 0 Å². The Morgan fingerprint density at radius 3 is 2.00 bits per heavy atom. The SMILES string of the molecule is O=C(O)CC(O)(CC(=O)[O][BiH2])C(=O)O. The van der Waals surface area contributed by atoms with Crippen molar-refractivity contribution in [2.24, 2.45) is 0 Å². The second-order valence-corrected chi connectivity index (χ2v) is 3.49. The molecule has 0 aliphatic rings. The summed E-state index contributed by atoms with van der Waals surface area (Å²) in [5, 5.41) is 26.1. The molecule has 8 heteroatoms. The van der Waals surface area contributed by atoms with E-state index >= 15 is 0 Å². The van der Waals surface area contributed by atoms with Crippen molar-refractivity contribution in [2.75, 3.05) is 0 Å². The first-order valence-corrected chi connectivity index (χ1v) is 5.22. The Balaban J connectivity index is 4.63. The summed E-state index contributed by atoms with van der Waals surface area (Å²) in [6.45, 7) is 0. The Kier molecular flexibility index (Phi) is 4.93. The van der Waals surface area contributed by atoms with Gasteiger partial charge in [0.15, 0.2) is 0 Å². The molecule has 0 saturated heterocycles. The second kappa shape index (κ2) is 5.21. The van der Waals surface area contributed by atoms with Crippen LogP contribution in [0.25, 0.3) is 0 Å². The molecule has 0 aliphatic carbocycles. The minimum absolute atomic E-state index is 0.129. The van der Waals surface area contributed by atoms with E-state index in [4.69, 9.17) is 10.2 Å². The molecule has 0 rings (SSSR count). The Bertz CT molecular complexity index is 263. The predicted octanol–water partition coefficient (Wildman–Crippen LogP) is -2.24. The molecule has 3 N–H and O–H groups in total. The molecule has 14 heavy (non-hydrogen) atoms. The van der Waals surface area contributed by atoms with E-state index in [1.807, 2.05) is 0 Å². The van der Waals surface area contributed by atoms with Crippen molar-refractivity contribution >= 4 is 43.1 Å². The normalized spacial score (nSPS) is 14.1. The van der Waals surface area contributed by atoms with Gasteiger partial charge in [-0.15, -0.1) is 0 Å². The van der Waals surface area contributed by atoms with Gasteiger partial charge < -0.3 is 0 Å². The van der Waals surface area contributed by atoms with Crippen molar-refractivity contribution in [3.8, 4) is 0 Å². The van der Waals surface area contributed by atoms with Crippen LogP contribution in [0.5, 0.6) is 0 Å². The summed E-state index contributed by atoms with van der Waals surface area (Å²) >= 11 is -0.129. The molecule has 0 amide bonds. The molecule has 0 aliphatic heterocycles. The van der Waals surface area contributed by atoms with Gasteiger partial charge in [-0.2, -0.15) is 0 Å². The van der Waals surface area contributed by atoms with Crippen molar-refractivity contribution in [3.05, 3.63) is 0 Å². The molecule has 0 spiro atoms. The van der Waals surface area contributed by atoms with Crippen LogP contribution in [-0.4, -0.2) is 64.0 Å². The second-order valence-electron chi connectivity index (χ2n) is 2.57. The van der Waals surface area contributed by atoms with Gasteiger partial charge in [-0.25, -0.2) is 0 Å². The van der Waals surface area contributed by atoms with Crippen LogP contribution in [0.3, 0.4) is 0 Å². The van der Waals surface area contributed by atoms with Crippen molar-refractivity contribution in [2.45, 2.75) is 18.4 Å². The maximum atomic E-state index is 10.7. The fourth-order valence-corrected chi connectivity index (χ4v) is 1.07. The quantitative estimate of drug-likeness (QED) is 0.445. The van der Waals surface area contributed by atoms with Crippen LogP contribution in [0.1, 0.15) is 12.8 Å². The van der Waals surface area contributed by atoms with Gasteiger partial charge >= 0.3 is 94.0 Å². The van der Waals surface area contributed by atoms with Gasteiger partial charge in [0, 0.05) is 0 Å². The van der Waals surface area contributed by atoms with E-state index in [0.717, 1.165) is 0 Å². The third-order valence-electron chi connectivity index (χ3n) is 1.41. The number of rotatable bonds is 5. The van der Waals surface area contributed by atoms with E-state index in [1.54, 1.807) is 0 Å². The fourth-order valence-electron chi connectivity index (χ4n) is 0.744. The molecule has 0 bridgehead atoms. The number of hydrogen-bond acceptors (Lipinski definition) is 5. The van der Waals surface area contributed by atoms with Gasteiger partial charge in [0.25, 0.3) is 0 Å². The van der Waals surface area contributed by atoms with Gasteiger partial charge in [-0.1, -0.05) is 0 Å². The van der Waals surface area contributed by atoms with Crippen molar-refractivity contribution < 1.29 is 32.5 Å². The van der Waals surface area contributed by atoms with E-state index in [-0.39, 0.29) is 25.2 Å². The Hall–Kier alpha value is -0.747. The standard InChI is InChI=1S/C6H8O7.Bi.2H/c7-3(8)1-6(13,5(11)12)2-4(9)10;;;/h13H,1-2H2,(H,7,8)(H,9,10)(H,11,12);;;/q;+1;;/p-1. The molecule has 0 radical (unpaired) electrons. The summed E-state index contributed by atoms with van der Waals surface area (Å²) in [6, 6.07) is 0. The van der Waals surface area contributed by atoms with Crippen LogP contribution in [0.2, 0.25) is 0 Å². The third-order valence-corrected chi connectivity index (χ3v) is 2.43. The molecule has 0 aromatic carbocycles. The van der Waals surface area contributed by atoms with E-state index in [9.17, 15) is 19.5 Å². The van der Waals surface area contributed by atoms with Gasteiger partial charge in [0.2, 0.25) is 0 Å². The first kappa shape index (κ1) is 13.3. The Labute approximate surface area is 94.1 Å². The summed E-state index contributed by atoms with van der Waals surface area (Å²) in [5.74, 6) is -4.17. The first-order chi connectivity index (χ1) is 6.31. The zero-order valence-corrected chi connectivity index (χ0v) is 11.5. The molecule has 0 aromatic heterocycles. The zero-order valence-electron chi connectivity index (χ0n) is 6.97. The molecule has 0 fully saturated rings. The molecular weight excluding hydrogens is 393 g/mol. The average Bonchev–Trinajstić information content (AvgIpc) is 2.02. The molecule has 0 heterocycles. The monoisotopic (exact) mass is 402 g/mol. The number of aliphatic carboxylic acids is 2. The summed E-state index contributed by atoms with van der Waals surface area (Å²) in [4.78, 5) is 31.4. The maximum absolute atomic E-state index is 10.7. The summed E-state index contributed by atoms with van der Waals surface area (Å²) in [5.41, 5.74) is -2.59.